The monoisotopic (exact) mass is 280 g/mol. The molecule has 6 nitrogen and oxygen atoms in total. The van der Waals surface area contributed by atoms with Gasteiger partial charge in [0, 0.05) is 13.1 Å². The van der Waals surface area contributed by atoms with Gasteiger partial charge in [0.05, 0.1) is 19.4 Å². The summed E-state index contributed by atoms with van der Waals surface area (Å²) in [7, 11) is 1.68. The topological polar surface area (TPSA) is 78.7 Å². The Bertz CT molecular complexity index is 426. The maximum Gasteiger partial charge on any atom is 0.239 e. The highest BCUT2D eigenvalue weighted by atomic mass is 16.3. The minimum atomic E-state index is -0.110. The maximum atomic E-state index is 11.7. The second kappa shape index (κ2) is 8.24. The second-order valence-electron chi connectivity index (χ2n) is 4.96. The minimum absolute atomic E-state index is 0.110. The number of amides is 1. The van der Waals surface area contributed by atoms with Gasteiger partial charge in [-0.3, -0.25) is 9.79 Å². The number of rotatable bonds is 6. The first-order valence-electron chi connectivity index (χ1n) is 6.79. The molecular weight excluding hydrogens is 256 g/mol. The molecular formula is C14H24N4O2. The van der Waals surface area contributed by atoms with Crippen LogP contribution in [-0.4, -0.2) is 31.5 Å². The lowest BCUT2D eigenvalue weighted by Gasteiger charge is -2.20. The SMILES string of the molecule is CN=C(NCC(=O)NCc1ccco1)NC(C)C(C)C. The number of hydrogen-bond donors (Lipinski definition) is 3. The highest BCUT2D eigenvalue weighted by Gasteiger charge is 2.10. The standard InChI is InChI=1S/C14H24N4O2/c1-10(2)11(3)18-14(15-4)17-9-13(19)16-8-12-6-5-7-20-12/h5-7,10-11H,8-9H2,1-4H3,(H,16,19)(H2,15,17,18). The molecule has 3 N–H and O–H groups in total. The second-order valence-corrected chi connectivity index (χ2v) is 4.96. The van der Waals surface area contributed by atoms with Crippen LogP contribution in [0.4, 0.5) is 0 Å². The first-order valence-corrected chi connectivity index (χ1v) is 6.79. The summed E-state index contributed by atoms with van der Waals surface area (Å²) in [5.41, 5.74) is 0. The van der Waals surface area contributed by atoms with Crippen molar-refractivity contribution in [1.82, 2.24) is 16.0 Å². The Labute approximate surface area is 120 Å². The van der Waals surface area contributed by atoms with Crippen LogP contribution >= 0.6 is 0 Å². The van der Waals surface area contributed by atoms with Gasteiger partial charge < -0.3 is 20.4 Å². The Balaban J connectivity index is 2.28. The van der Waals surface area contributed by atoms with Crippen LogP contribution in [0.1, 0.15) is 26.5 Å². The molecule has 20 heavy (non-hydrogen) atoms. The van der Waals surface area contributed by atoms with E-state index in [1.807, 2.05) is 6.07 Å². The maximum absolute atomic E-state index is 11.7. The molecule has 0 saturated carbocycles. The van der Waals surface area contributed by atoms with Gasteiger partial charge in [-0.25, -0.2) is 0 Å². The zero-order valence-corrected chi connectivity index (χ0v) is 12.6. The smallest absolute Gasteiger partial charge is 0.239 e. The average Bonchev–Trinajstić information content (AvgIpc) is 2.93. The van der Waals surface area contributed by atoms with Gasteiger partial charge in [-0.05, 0) is 25.0 Å². The van der Waals surface area contributed by atoms with E-state index in [-0.39, 0.29) is 18.5 Å². The molecule has 1 heterocycles. The lowest BCUT2D eigenvalue weighted by atomic mass is 10.1. The van der Waals surface area contributed by atoms with E-state index < -0.39 is 0 Å². The number of aliphatic imine (C=N–C) groups is 1. The van der Waals surface area contributed by atoms with Crippen LogP contribution in [0.2, 0.25) is 0 Å². The summed E-state index contributed by atoms with van der Waals surface area (Å²) in [6, 6.07) is 3.89. The Kier molecular flexibility index (Phi) is 6.63. The molecule has 0 aliphatic rings. The lowest BCUT2D eigenvalue weighted by Crippen LogP contribution is -2.47. The van der Waals surface area contributed by atoms with Gasteiger partial charge in [-0.15, -0.1) is 0 Å². The summed E-state index contributed by atoms with van der Waals surface area (Å²) in [5, 5.41) is 8.98. The van der Waals surface area contributed by atoms with E-state index in [1.165, 1.54) is 0 Å². The Morgan fingerprint density at radius 2 is 2.10 bits per heavy atom. The fourth-order valence-electron chi connectivity index (χ4n) is 1.40. The van der Waals surface area contributed by atoms with Gasteiger partial charge in [0.2, 0.25) is 5.91 Å². The van der Waals surface area contributed by atoms with Crippen molar-refractivity contribution in [1.29, 1.82) is 0 Å². The van der Waals surface area contributed by atoms with Crippen LogP contribution in [0.25, 0.3) is 0 Å². The first kappa shape index (κ1) is 16.1. The highest BCUT2D eigenvalue weighted by molar-refractivity contribution is 5.86. The molecule has 112 valence electrons. The van der Waals surface area contributed by atoms with E-state index in [1.54, 1.807) is 19.4 Å². The minimum Gasteiger partial charge on any atom is -0.467 e. The van der Waals surface area contributed by atoms with Crippen LogP contribution in [0.3, 0.4) is 0 Å². The average molecular weight is 280 g/mol. The van der Waals surface area contributed by atoms with Crippen molar-refractivity contribution < 1.29 is 9.21 Å². The molecule has 0 spiro atoms. The van der Waals surface area contributed by atoms with Gasteiger partial charge in [0.15, 0.2) is 5.96 Å². The molecule has 6 heteroatoms. The summed E-state index contributed by atoms with van der Waals surface area (Å²) in [5.74, 6) is 1.73. The van der Waals surface area contributed by atoms with Crippen molar-refractivity contribution in [2.45, 2.75) is 33.4 Å². The predicted molar refractivity (Wildman–Crippen MR) is 79.4 cm³/mol. The highest BCUT2D eigenvalue weighted by Crippen LogP contribution is 1.99. The van der Waals surface area contributed by atoms with Gasteiger partial charge in [0.25, 0.3) is 0 Å². The predicted octanol–water partition coefficient (Wildman–Crippen LogP) is 1.11. The number of guanidine groups is 1. The molecule has 1 aromatic rings. The van der Waals surface area contributed by atoms with Crippen LogP contribution < -0.4 is 16.0 Å². The number of nitrogens with zero attached hydrogens (tertiary/aromatic N) is 1. The molecule has 0 aliphatic carbocycles. The van der Waals surface area contributed by atoms with E-state index in [2.05, 4.69) is 41.7 Å². The van der Waals surface area contributed by atoms with Crippen LogP contribution in [-0.2, 0) is 11.3 Å². The first-order chi connectivity index (χ1) is 9.52. The number of carbonyl (C=O) groups is 1. The third-order valence-electron chi connectivity index (χ3n) is 3.04. The molecule has 0 aromatic carbocycles. The van der Waals surface area contributed by atoms with Crippen molar-refractivity contribution in [3.05, 3.63) is 24.2 Å². The Morgan fingerprint density at radius 1 is 1.35 bits per heavy atom. The summed E-state index contributed by atoms with van der Waals surface area (Å²) in [6.45, 7) is 6.89. The van der Waals surface area contributed by atoms with E-state index >= 15 is 0 Å². The van der Waals surface area contributed by atoms with Crippen molar-refractivity contribution >= 4 is 11.9 Å². The molecule has 0 bridgehead atoms. The quantitative estimate of drug-likeness (QED) is 0.539. The third-order valence-corrected chi connectivity index (χ3v) is 3.04. The van der Waals surface area contributed by atoms with E-state index in [9.17, 15) is 4.79 Å². The summed E-state index contributed by atoms with van der Waals surface area (Å²) < 4.78 is 5.14. The van der Waals surface area contributed by atoms with E-state index in [0.717, 1.165) is 5.76 Å². The van der Waals surface area contributed by atoms with E-state index in [4.69, 9.17) is 4.42 Å². The van der Waals surface area contributed by atoms with Crippen LogP contribution in [0, 0.1) is 5.92 Å². The largest absolute Gasteiger partial charge is 0.467 e. The zero-order valence-electron chi connectivity index (χ0n) is 12.6. The molecule has 1 unspecified atom stereocenters. The molecule has 1 aromatic heterocycles. The van der Waals surface area contributed by atoms with Gasteiger partial charge in [-0.1, -0.05) is 13.8 Å². The zero-order chi connectivity index (χ0) is 15.0. The van der Waals surface area contributed by atoms with E-state index in [0.29, 0.717) is 18.4 Å². The molecule has 1 rings (SSSR count). The van der Waals surface area contributed by atoms with Crippen molar-refractivity contribution in [2.75, 3.05) is 13.6 Å². The number of hydrogen-bond acceptors (Lipinski definition) is 3. The molecule has 1 atom stereocenters. The van der Waals surface area contributed by atoms with Gasteiger partial charge in [-0.2, -0.15) is 0 Å². The Morgan fingerprint density at radius 3 is 2.65 bits per heavy atom. The number of nitrogens with one attached hydrogen (secondary N) is 3. The molecule has 1 amide bonds. The number of furan rings is 1. The van der Waals surface area contributed by atoms with Crippen molar-refractivity contribution in [3.8, 4) is 0 Å². The van der Waals surface area contributed by atoms with Crippen molar-refractivity contribution in [2.24, 2.45) is 10.9 Å². The lowest BCUT2D eigenvalue weighted by molar-refractivity contribution is -0.120. The molecule has 0 saturated heterocycles. The fraction of sp³-hybridized carbons (Fsp3) is 0.571. The Hall–Kier alpha value is -1.98. The summed E-state index contributed by atoms with van der Waals surface area (Å²) >= 11 is 0. The summed E-state index contributed by atoms with van der Waals surface area (Å²) in [4.78, 5) is 15.8. The number of carbonyl (C=O) groups excluding carboxylic acids is 1. The molecule has 0 fully saturated rings. The molecule has 0 aliphatic heterocycles. The van der Waals surface area contributed by atoms with Crippen LogP contribution in [0.15, 0.2) is 27.8 Å². The normalized spacial score (nSPS) is 13.2. The third kappa shape index (κ3) is 5.77. The molecule has 0 radical (unpaired) electrons. The van der Waals surface area contributed by atoms with Crippen molar-refractivity contribution in [3.63, 3.8) is 0 Å². The fourth-order valence-corrected chi connectivity index (χ4v) is 1.40. The van der Waals surface area contributed by atoms with Crippen LogP contribution in [0.5, 0.6) is 0 Å². The van der Waals surface area contributed by atoms with Gasteiger partial charge >= 0.3 is 0 Å². The van der Waals surface area contributed by atoms with Gasteiger partial charge in [0.1, 0.15) is 5.76 Å². The summed E-state index contributed by atoms with van der Waals surface area (Å²) in [6.07, 6.45) is 1.58.